The van der Waals surface area contributed by atoms with Gasteiger partial charge in [-0.05, 0) is 38.5 Å². The number of quaternary nitrogens is 1. The van der Waals surface area contributed by atoms with Crippen LogP contribution in [0.4, 0.5) is 0 Å². The molecule has 0 aromatic rings. The van der Waals surface area contributed by atoms with Crippen LogP contribution in [-0.2, 0) is 32.7 Å². The molecule has 0 heterocycles. The Morgan fingerprint density at radius 1 is 0.508 bits per heavy atom. The fourth-order valence-corrected chi connectivity index (χ4v) is 7.87. The zero-order valence-corrected chi connectivity index (χ0v) is 40.4. The zero-order valence-electron chi connectivity index (χ0n) is 39.5. The molecule has 2 atom stereocenters. The van der Waals surface area contributed by atoms with Gasteiger partial charge in [0.1, 0.15) is 19.8 Å². The summed E-state index contributed by atoms with van der Waals surface area (Å²) < 4.78 is 34.4. The highest BCUT2D eigenvalue weighted by atomic mass is 31.2. The molecule has 10 heteroatoms. The van der Waals surface area contributed by atoms with Crippen LogP contribution >= 0.6 is 7.82 Å². The second kappa shape index (κ2) is 42.1. The third-order valence-electron chi connectivity index (χ3n) is 11.0. The molecule has 1 unspecified atom stereocenters. The molecule has 0 amide bonds. The molecule has 0 aliphatic carbocycles. The smallest absolute Gasteiger partial charge is 0.462 e. The summed E-state index contributed by atoms with van der Waals surface area (Å²) >= 11 is 0. The number of carbonyl (C=O) groups excluding carboxylic acids is 2. The molecule has 350 valence electrons. The van der Waals surface area contributed by atoms with Crippen molar-refractivity contribution < 1.29 is 42.1 Å². The minimum Gasteiger partial charge on any atom is -0.462 e. The van der Waals surface area contributed by atoms with Gasteiger partial charge in [-0.3, -0.25) is 18.6 Å². The van der Waals surface area contributed by atoms with E-state index in [4.69, 9.17) is 18.5 Å². The summed E-state index contributed by atoms with van der Waals surface area (Å²) in [6.07, 6.45) is 45.4. The number of unbranched alkanes of at least 4 members (excludes halogenated alkanes) is 30. The maximum Gasteiger partial charge on any atom is 0.472 e. The molecule has 0 saturated heterocycles. The molecule has 0 fully saturated rings. The number of hydrogen-bond acceptors (Lipinski definition) is 7. The molecule has 0 aromatic carbocycles. The summed E-state index contributed by atoms with van der Waals surface area (Å²) in [4.78, 5) is 35.5. The summed E-state index contributed by atoms with van der Waals surface area (Å²) in [5.41, 5.74) is 0. The van der Waals surface area contributed by atoms with Gasteiger partial charge in [0.2, 0.25) is 0 Å². The van der Waals surface area contributed by atoms with E-state index in [9.17, 15) is 19.0 Å². The van der Waals surface area contributed by atoms with Gasteiger partial charge < -0.3 is 18.9 Å². The lowest BCUT2D eigenvalue weighted by Gasteiger charge is -2.24. The fourth-order valence-electron chi connectivity index (χ4n) is 7.13. The molecular weight excluding hydrogens is 762 g/mol. The lowest BCUT2D eigenvalue weighted by Crippen LogP contribution is -2.37. The van der Waals surface area contributed by atoms with Crippen LogP contribution in [-0.4, -0.2) is 74.9 Å². The van der Waals surface area contributed by atoms with Gasteiger partial charge in [-0.25, -0.2) is 4.57 Å². The molecule has 59 heavy (non-hydrogen) atoms. The van der Waals surface area contributed by atoms with Crippen molar-refractivity contribution in [3.05, 3.63) is 12.2 Å². The first-order valence-corrected chi connectivity index (χ1v) is 26.4. The molecule has 0 aliphatic rings. The summed E-state index contributed by atoms with van der Waals surface area (Å²) in [5.74, 6) is -0.790. The third kappa shape index (κ3) is 46.1. The maximum absolute atomic E-state index is 12.7. The minimum absolute atomic E-state index is 0.0345. The van der Waals surface area contributed by atoms with Crippen LogP contribution < -0.4 is 0 Å². The van der Waals surface area contributed by atoms with Crippen LogP contribution in [0, 0.1) is 0 Å². The van der Waals surface area contributed by atoms with E-state index in [2.05, 4.69) is 26.0 Å². The van der Waals surface area contributed by atoms with E-state index in [1.807, 2.05) is 21.1 Å². The van der Waals surface area contributed by atoms with Crippen molar-refractivity contribution >= 4 is 19.8 Å². The number of phosphoric acid groups is 1. The molecule has 1 N–H and O–H groups in total. The van der Waals surface area contributed by atoms with Crippen LogP contribution in [0.5, 0.6) is 0 Å². The number of ether oxygens (including phenoxy) is 2. The number of rotatable bonds is 46. The Balaban J connectivity index is 4.23. The van der Waals surface area contributed by atoms with Crippen LogP contribution in [0.25, 0.3) is 0 Å². The van der Waals surface area contributed by atoms with Gasteiger partial charge in [-0.1, -0.05) is 199 Å². The molecular formula is C49H97NO8P+. The van der Waals surface area contributed by atoms with Gasteiger partial charge in [-0.15, -0.1) is 0 Å². The van der Waals surface area contributed by atoms with E-state index in [0.717, 1.165) is 32.1 Å². The Labute approximate surface area is 365 Å². The zero-order chi connectivity index (χ0) is 43.6. The third-order valence-corrected chi connectivity index (χ3v) is 12.0. The van der Waals surface area contributed by atoms with Crippen LogP contribution in [0.15, 0.2) is 12.2 Å². The number of hydrogen-bond donors (Lipinski definition) is 1. The molecule has 0 aliphatic heterocycles. The monoisotopic (exact) mass is 859 g/mol. The Hall–Kier alpha value is -1.25. The van der Waals surface area contributed by atoms with E-state index in [-0.39, 0.29) is 32.0 Å². The first kappa shape index (κ1) is 57.8. The van der Waals surface area contributed by atoms with Crippen LogP contribution in [0.1, 0.15) is 239 Å². The number of esters is 2. The Morgan fingerprint density at radius 2 is 0.864 bits per heavy atom. The number of nitrogens with zero attached hydrogens (tertiary/aromatic N) is 1. The predicted molar refractivity (Wildman–Crippen MR) is 248 cm³/mol. The standard InChI is InChI=1S/C49H96NO8P/c1-6-8-10-12-14-16-18-20-22-23-24-25-26-28-30-32-34-36-38-40-42-49(52)58-47(46-57-59(53,54)56-44-43-50(3,4)5)45-55-48(51)41-39-37-35-33-31-29-27-21-19-17-15-13-11-9-7-2/h17,19,47H,6-16,18,20-46H2,1-5H3/p+1/b19-17+/t47-/m1/s1. The molecule has 0 bridgehead atoms. The number of likely N-dealkylation sites (N-methyl/N-ethyl adjacent to an activating group) is 1. The van der Waals surface area contributed by atoms with Crippen molar-refractivity contribution in [3.63, 3.8) is 0 Å². The van der Waals surface area contributed by atoms with Crippen molar-refractivity contribution in [3.8, 4) is 0 Å². The molecule has 0 spiro atoms. The van der Waals surface area contributed by atoms with E-state index < -0.39 is 26.5 Å². The van der Waals surface area contributed by atoms with E-state index in [0.29, 0.717) is 17.4 Å². The molecule has 0 rings (SSSR count). The van der Waals surface area contributed by atoms with Crippen molar-refractivity contribution in [2.24, 2.45) is 0 Å². The highest BCUT2D eigenvalue weighted by Crippen LogP contribution is 2.43. The molecule has 0 saturated carbocycles. The fraction of sp³-hybridized carbons (Fsp3) is 0.918. The summed E-state index contributed by atoms with van der Waals surface area (Å²) in [6, 6.07) is 0. The molecule has 9 nitrogen and oxygen atoms in total. The second-order valence-electron chi connectivity index (χ2n) is 18.2. The summed E-state index contributed by atoms with van der Waals surface area (Å²) in [6.45, 7) is 4.45. The Bertz CT molecular complexity index is 1020. The number of allylic oxidation sites excluding steroid dienone is 2. The summed E-state index contributed by atoms with van der Waals surface area (Å²) in [7, 11) is 1.49. The van der Waals surface area contributed by atoms with Crippen molar-refractivity contribution in [2.75, 3.05) is 47.5 Å². The highest BCUT2D eigenvalue weighted by molar-refractivity contribution is 7.47. The van der Waals surface area contributed by atoms with Crippen molar-refractivity contribution in [2.45, 2.75) is 245 Å². The van der Waals surface area contributed by atoms with Gasteiger partial charge in [0.15, 0.2) is 6.10 Å². The molecule has 0 aromatic heterocycles. The number of carbonyl (C=O) groups is 2. The minimum atomic E-state index is -4.37. The number of phosphoric ester groups is 1. The molecule has 0 radical (unpaired) electrons. The predicted octanol–water partition coefficient (Wildman–Crippen LogP) is 14.5. The lowest BCUT2D eigenvalue weighted by atomic mass is 10.0. The summed E-state index contributed by atoms with van der Waals surface area (Å²) in [5, 5.41) is 0. The van der Waals surface area contributed by atoms with Gasteiger partial charge in [0, 0.05) is 12.8 Å². The Morgan fingerprint density at radius 3 is 1.27 bits per heavy atom. The van der Waals surface area contributed by atoms with Gasteiger partial charge >= 0.3 is 19.8 Å². The largest absolute Gasteiger partial charge is 0.472 e. The first-order chi connectivity index (χ1) is 28.5. The first-order valence-electron chi connectivity index (χ1n) is 24.9. The van der Waals surface area contributed by atoms with Crippen molar-refractivity contribution in [1.29, 1.82) is 0 Å². The lowest BCUT2D eigenvalue weighted by molar-refractivity contribution is -0.870. The SMILES string of the molecule is CCCCCC/C=C/CCCCCCCCCC(=O)OC[C@H](COP(=O)(O)OCC[N+](C)(C)C)OC(=O)CCCCCCCCCCCCCCCCCCCCCC. The van der Waals surface area contributed by atoms with Gasteiger partial charge in [0.05, 0.1) is 27.7 Å². The topological polar surface area (TPSA) is 108 Å². The van der Waals surface area contributed by atoms with Crippen molar-refractivity contribution in [1.82, 2.24) is 0 Å². The average Bonchev–Trinajstić information content (AvgIpc) is 3.19. The van der Waals surface area contributed by atoms with E-state index >= 15 is 0 Å². The van der Waals surface area contributed by atoms with Crippen LogP contribution in [0.3, 0.4) is 0 Å². The second-order valence-corrected chi connectivity index (χ2v) is 19.7. The van der Waals surface area contributed by atoms with Gasteiger partial charge in [-0.2, -0.15) is 0 Å². The highest BCUT2D eigenvalue weighted by Gasteiger charge is 2.27. The normalized spacial score (nSPS) is 13.5. The average molecular weight is 859 g/mol. The Kier molecular flexibility index (Phi) is 41.2. The van der Waals surface area contributed by atoms with E-state index in [1.165, 1.54) is 173 Å². The maximum atomic E-state index is 12.7. The quantitative estimate of drug-likeness (QED) is 0.0212. The van der Waals surface area contributed by atoms with E-state index in [1.54, 1.807) is 0 Å². The van der Waals surface area contributed by atoms with Crippen LogP contribution in [0.2, 0.25) is 0 Å². The van der Waals surface area contributed by atoms with Gasteiger partial charge in [0.25, 0.3) is 0 Å².